The molecule has 0 radical (unpaired) electrons. The second-order valence-corrected chi connectivity index (χ2v) is 7.37. The Labute approximate surface area is 165 Å². The summed E-state index contributed by atoms with van der Waals surface area (Å²) in [4.78, 5) is 22.9. The Bertz CT molecular complexity index is 1360. The van der Waals surface area contributed by atoms with E-state index in [1.165, 1.54) is 11.3 Å². The molecular formula is C23H15N3OS. The second kappa shape index (κ2) is 6.87. The van der Waals surface area contributed by atoms with Gasteiger partial charge in [0.1, 0.15) is 0 Å². The fraction of sp³-hybridized carbons (Fsp3) is 0. The van der Waals surface area contributed by atoms with Gasteiger partial charge in [-0.05, 0) is 17.7 Å². The van der Waals surface area contributed by atoms with E-state index in [-0.39, 0.29) is 5.56 Å². The van der Waals surface area contributed by atoms with E-state index in [2.05, 4.69) is 4.98 Å². The molecule has 0 amide bonds. The third kappa shape index (κ3) is 2.82. The molecule has 2 aromatic carbocycles. The first kappa shape index (κ1) is 16.6. The summed E-state index contributed by atoms with van der Waals surface area (Å²) in [6, 6.07) is 23.7. The Morgan fingerprint density at radius 2 is 1.57 bits per heavy atom. The summed E-state index contributed by atoms with van der Waals surface area (Å²) >= 11 is 1.40. The van der Waals surface area contributed by atoms with Crippen LogP contribution in [-0.4, -0.2) is 14.4 Å². The lowest BCUT2D eigenvalue weighted by atomic mass is 10.1. The summed E-state index contributed by atoms with van der Waals surface area (Å²) in [6.07, 6.45) is 5.33. The van der Waals surface area contributed by atoms with Crippen LogP contribution in [0.5, 0.6) is 0 Å². The van der Waals surface area contributed by atoms with Crippen molar-refractivity contribution in [2.24, 2.45) is 0 Å². The molecule has 0 N–H and O–H groups in total. The van der Waals surface area contributed by atoms with Gasteiger partial charge in [-0.15, -0.1) is 0 Å². The van der Waals surface area contributed by atoms with Crippen LogP contribution in [0.3, 0.4) is 0 Å². The molecule has 0 atom stereocenters. The Balaban J connectivity index is 1.82. The third-order valence-electron chi connectivity index (χ3n) is 4.54. The van der Waals surface area contributed by atoms with Gasteiger partial charge in [0.25, 0.3) is 5.56 Å². The molecule has 28 heavy (non-hydrogen) atoms. The number of fused-ring (bicyclic) bond motifs is 1. The molecule has 0 aliphatic rings. The van der Waals surface area contributed by atoms with Crippen LogP contribution < -0.4 is 10.1 Å². The molecule has 4 nitrogen and oxygen atoms in total. The van der Waals surface area contributed by atoms with E-state index in [0.717, 1.165) is 28.1 Å². The van der Waals surface area contributed by atoms with Crippen molar-refractivity contribution in [1.29, 1.82) is 0 Å². The first-order valence-corrected chi connectivity index (χ1v) is 9.71. The minimum atomic E-state index is -0.0580. The Morgan fingerprint density at radius 3 is 2.25 bits per heavy atom. The largest absolute Gasteiger partial charge is 0.274 e. The van der Waals surface area contributed by atoms with Gasteiger partial charge >= 0.3 is 0 Å². The third-order valence-corrected chi connectivity index (χ3v) is 5.51. The molecule has 3 heterocycles. The van der Waals surface area contributed by atoms with Crippen molar-refractivity contribution in [2.75, 3.05) is 0 Å². The molecule has 0 spiro atoms. The van der Waals surface area contributed by atoms with Crippen LogP contribution in [0.4, 0.5) is 0 Å². The van der Waals surface area contributed by atoms with Crippen molar-refractivity contribution in [2.45, 2.75) is 0 Å². The summed E-state index contributed by atoms with van der Waals surface area (Å²) in [5, 5.41) is 0. The number of benzene rings is 2. The highest BCUT2D eigenvalue weighted by Gasteiger charge is 2.19. The quantitative estimate of drug-likeness (QED) is 0.474. The van der Waals surface area contributed by atoms with Gasteiger partial charge in [0.05, 0.1) is 15.9 Å². The number of pyridine rings is 1. The fourth-order valence-electron chi connectivity index (χ4n) is 3.27. The average Bonchev–Trinajstić information content (AvgIpc) is 3.27. The van der Waals surface area contributed by atoms with Crippen molar-refractivity contribution in [3.05, 3.63) is 106 Å². The fourth-order valence-corrected chi connectivity index (χ4v) is 4.24. The minimum Gasteiger partial charge on any atom is -0.267 e. The molecule has 0 fully saturated rings. The molecule has 0 saturated carbocycles. The van der Waals surface area contributed by atoms with Crippen LogP contribution in [-0.2, 0) is 0 Å². The molecule has 0 saturated heterocycles. The summed E-state index contributed by atoms with van der Waals surface area (Å²) < 4.78 is 2.37. The molecular weight excluding hydrogens is 366 g/mol. The van der Waals surface area contributed by atoms with E-state index < -0.39 is 0 Å². The normalized spacial score (nSPS) is 11.9. The molecule has 0 bridgehead atoms. The van der Waals surface area contributed by atoms with E-state index in [1.807, 2.05) is 78.9 Å². The first-order valence-electron chi connectivity index (χ1n) is 8.89. The van der Waals surface area contributed by atoms with Gasteiger partial charge in [-0.25, -0.2) is 9.38 Å². The number of hydrogen-bond donors (Lipinski definition) is 0. The Hall–Kier alpha value is -3.57. The highest BCUT2D eigenvalue weighted by molar-refractivity contribution is 7.15. The monoisotopic (exact) mass is 381 g/mol. The topological polar surface area (TPSA) is 47.3 Å². The van der Waals surface area contributed by atoms with Gasteiger partial charge in [0.15, 0.2) is 4.96 Å². The smallest absolute Gasteiger partial charge is 0.267 e. The zero-order valence-electron chi connectivity index (χ0n) is 14.8. The lowest BCUT2D eigenvalue weighted by Gasteiger charge is -2.04. The van der Waals surface area contributed by atoms with Crippen molar-refractivity contribution in [3.63, 3.8) is 0 Å². The lowest BCUT2D eigenvalue weighted by Crippen LogP contribution is -2.23. The number of hydrogen-bond acceptors (Lipinski definition) is 4. The SMILES string of the molecule is O=c1/c(=C\c2cccnc2)sc2nc(-c3ccccc3)c(-c3ccccc3)n12. The number of rotatable bonds is 3. The van der Waals surface area contributed by atoms with Gasteiger partial charge in [0.2, 0.25) is 0 Å². The van der Waals surface area contributed by atoms with Crippen molar-refractivity contribution >= 4 is 22.4 Å². The van der Waals surface area contributed by atoms with Crippen LogP contribution in [0.2, 0.25) is 0 Å². The highest BCUT2D eigenvalue weighted by atomic mass is 32.1. The van der Waals surface area contributed by atoms with Crippen molar-refractivity contribution < 1.29 is 0 Å². The minimum absolute atomic E-state index is 0.0580. The highest BCUT2D eigenvalue weighted by Crippen LogP contribution is 2.32. The second-order valence-electron chi connectivity index (χ2n) is 6.36. The Morgan fingerprint density at radius 1 is 0.857 bits per heavy atom. The maximum absolute atomic E-state index is 13.3. The molecule has 0 aliphatic heterocycles. The number of imidazole rings is 1. The van der Waals surface area contributed by atoms with Crippen LogP contribution in [0.25, 0.3) is 33.6 Å². The van der Waals surface area contributed by atoms with E-state index in [0.29, 0.717) is 9.49 Å². The van der Waals surface area contributed by atoms with E-state index >= 15 is 0 Å². The first-order chi connectivity index (χ1) is 13.8. The van der Waals surface area contributed by atoms with Crippen LogP contribution in [0.1, 0.15) is 5.56 Å². The maximum atomic E-state index is 13.3. The molecule has 3 aromatic heterocycles. The molecule has 5 rings (SSSR count). The summed E-state index contributed by atoms with van der Waals surface area (Å²) in [6.45, 7) is 0. The van der Waals surface area contributed by atoms with Crippen molar-refractivity contribution in [1.82, 2.24) is 14.4 Å². The van der Waals surface area contributed by atoms with Gasteiger partial charge in [-0.1, -0.05) is 78.1 Å². The molecule has 5 aromatic rings. The molecule has 134 valence electrons. The van der Waals surface area contributed by atoms with Crippen LogP contribution in [0.15, 0.2) is 90.0 Å². The molecule has 5 heteroatoms. The standard InChI is InChI=1S/C23H15N3OS/c27-22-19(14-16-8-7-13-24-15-16)28-23-25-20(17-9-3-1-4-10-17)21(26(22)23)18-11-5-2-6-12-18/h1-15H/b19-14+. The van der Waals surface area contributed by atoms with Crippen LogP contribution >= 0.6 is 11.3 Å². The van der Waals surface area contributed by atoms with Crippen LogP contribution in [0, 0.1) is 0 Å². The predicted molar refractivity (Wildman–Crippen MR) is 113 cm³/mol. The maximum Gasteiger partial charge on any atom is 0.274 e. The molecule has 0 aliphatic carbocycles. The van der Waals surface area contributed by atoms with E-state index in [4.69, 9.17) is 4.98 Å². The summed E-state index contributed by atoms with van der Waals surface area (Å²) in [5.74, 6) is 0. The summed E-state index contributed by atoms with van der Waals surface area (Å²) in [5.41, 5.74) is 4.45. The molecule has 0 unspecified atom stereocenters. The van der Waals surface area contributed by atoms with Gasteiger partial charge < -0.3 is 0 Å². The van der Waals surface area contributed by atoms with Gasteiger partial charge in [-0.2, -0.15) is 0 Å². The van der Waals surface area contributed by atoms with Gasteiger partial charge in [-0.3, -0.25) is 9.78 Å². The lowest BCUT2D eigenvalue weighted by molar-refractivity contribution is 1.15. The average molecular weight is 381 g/mol. The van der Waals surface area contributed by atoms with Crippen molar-refractivity contribution in [3.8, 4) is 22.5 Å². The summed E-state index contributed by atoms with van der Waals surface area (Å²) in [7, 11) is 0. The number of nitrogens with zero attached hydrogens (tertiary/aromatic N) is 3. The number of aromatic nitrogens is 3. The van der Waals surface area contributed by atoms with Gasteiger partial charge in [0, 0.05) is 23.5 Å². The van der Waals surface area contributed by atoms with E-state index in [9.17, 15) is 4.79 Å². The Kier molecular flexibility index (Phi) is 4.07. The zero-order valence-corrected chi connectivity index (χ0v) is 15.6. The zero-order chi connectivity index (χ0) is 18.9. The van der Waals surface area contributed by atoms with E-state index in [1.54, 1.807) is 16.8 Å². The number of thiazole rings is 1. The predicted octanol–water partition coefficient (Wildman–Crippen LogP) is 4.03.